The summed E-state index contributed by atoms with van der Waals surface area (Å²) < 4.78 is 7.64. The van der Waals surface area contributed by atoms with Gasteiger partial charge in [0, 0.05) is 70.5 Å². The Kier molecular flexibility index (Phi) is 7.37. The third kappa shape index (κ3) is 5.31. The molecule has 2 aliphatic heterocycles. The van der Waals surface area contributed by atoms with Crippen molar-refractivity contribution in [2.75, 3.05) is 39.8 Å². The molecule has 0 N–H and O–H groups in total. The molecule has 188 valence electrons. The first-order valence-electron chi connectivity index (χ1n) is 12.7. The van der Waals surface area contributed by atoms with Gasteiger partial charge in [-0.15, -0.1) is 0 Å². The lowest BCUT2D eigenvalue weighted by Gasteiger charge is -2.38. The zero-order chi connectivity index (χ0) is 24.9. The molecule has 7 nitrogen and oxygen atoms in total. The molecule has 3 heterocycles. The SMILES string of the molecule is COc1cccc(C2c3cccn3CCN2C(=O)CCC(=O)N2CCN(Cc3ccccc3)CC2)c1. The molecule has 0 bridgehead atoms. The molecule has 1 fully saturated rings. The molecular formula is C29H34N4O3. The second-order valence-electron chi connectivity index (χ2n) is 9.54. The Hall–Kier alpha value is -3.58. The molecule has 7 heteroatoms. The minimum Gasteiger partial charge on any atom is -0.497 e. The number of amides is 2. The number of carbonyl (C=O) groups is 2. The van der Waals surface area contributed by atoms with E-state index in [0.29, 0.717) is 19.6 Å². The van der Waals surface area contributed by atoms with Gasteiger partial charge in [0.05, 0.1) is 13.2 Å². The number of hydrogen-bond acceptors (Lipinski definition) is 4. The fraction of sp³-hybridized carbons (Fsp3) is 0.379. The van der Waals surface area contributed by atoms with E-state index in [0.717, 1.165) is 43.2 Å². The minimum atomic E-state index is -0.187. The Morgan fingerprint density at radius 3 is 2.39 bits per heavy atom. The summed E-state index contributed by atoms with van der Waals surface area (Å²) in [7, 11) is 1.65. The fourth-order valence-electron chi connectivity index (χ4n) is 5.33. The van der Waals surface area contributed by atoms with E-state index < -0.39 is 0 Å². The Bertz CT molecular complexity index is 1180. The van der Waals surface area contributed by atoms with Gasteiger partial charge in [0.15, 0.2) is 0 Å². The number of nitrogens with zero attached hydrogens (tertiary/aromatic N) is 4. The second kappa shape index (κ2) is 11.0. The Balaban J connectivity index is 1.19. The third-order valence-corrected chi connectivity index (χ3v) is 7.29. The monoisotopic (exact) mass is 486 g/mol. The van der Waals surface area contributed by atoms with Crippen LogP contribution in [0.4, 0.5) is 0 Å². The van der Waals surface area contributed by atoms with Crippen molar-refractivity contribution in [3.8, 4) is 5.75 Å². The van der Waals surface area contributed by atoms with Crippen LogP contribution < -0.4 is 4.74 Å². The van der Waals surface area contributed by atoms with E-state index in [1.807, 2.05) is 46.2 Å². The average molecular weight is 487 g/mol. The molecule has 1 unspecified atom stereocenters. The number of ether oxygens (including phenoxy) is 1. The summed E-state index contributed by atoms with van der Waals surface area (Å²) in [4.78, 5) is 32.6. The predicted octanol–water partition coefficient (Wildman–Crippen LogP) is 3.55. The number of piperazine rings is 1. The van der Waals surface area contributed by atoms with Crippen molar-refractivity contribution < 1.29 is 14.3 Å². The number of carbonyl (C=O) groups excluding carboxylic acids is 2. The molecule has 3 aromatic rings. The van der Waals surface area contributed by atoms with Crippen molar-refractivity contribution >= 4 is 11.8 Å². The summed E-state index contributed by atoms with van der Waals surface area (Å²) in [6, 6.07) is 22.2. The number of aromatic nitrogens is 1. The van der Waals surface area contributed by atoms with E-state index in [1.54, 1.807) is 7.11 Å². The lowest BCUT2D eigenvalue weighted by Crippen LogP contribution is -2.48. The van der Waals surface area contributed by atoms with Gasteiger partial charge < -0.3 is 19.1 Å². The van der Waals surface area contributed by atoms with E-state index in [2.05, 4.69) is 46.0 Å². The highest BCUT2D eigenvalue weighted by Gasteiger charge is 2.32. The van der Waals surface area contributed by atoms with Gasteiger partial charge >= 0.3 is 0 Å². The van der Waals surface area contributed by atoms with E-state index >= 15 is 0 Å². The van der Waals surface area contributed by atoms with Gasteiger partial charge in [-0.2, -0.15) is 0 Å². The average Bonchev–Trinajstić information content (AvgIpc) is 3.41. The molecule has 36 heavy (non-hydrogen) atoms. The van der Waals surface area contributed by atoms with Crippen LogP contribution in [0.25, 0.3) is 0 Å². The summed E-state index contributed by atoms with van der Waals surface area (Å²) in [6.45, 7) is 5.42. The Morgan fingerprint density at radius 2 is 1.61 bits per heavy atom. The van der Waals surface area contributed by atoms with Gasteiger partial charge in [-0.25, -0.2) is 0 Å². The summed E-state index contributed by atoms with van der Waals surface area (Å²) in [5.41, 5.74) is 3.40. The van der Waals surface area contributed by atoms with E-state index in [-0.39, 0.29) is 30.7 Å². The third-order valence-electron chi connectivity index (χ3n) is 7.29. The number of fused-ring (bicyclic) bond motifs is 1. The first kappa shape index (κ1) is 24.1. The standard InChI is InChI=1S/C29H34N4O3/c1-36-25-10-5-9-24(21-25)29-26-11-6-14-31(26)19-20-33(29)28(35)13-12-27(34)32-17-15-30(16-18-32)22-23-7-3-2-4-8-23/h2-11,14,21,29H,12-13,15-20,22H2,1H3. The molecule has 1 aromatic heterocycles. The molecule has 1 atom stereocenters. The number of benzene rings is 2. The molecule has 2 amide bonds. The van der Waals surface area contributed by atoms with Crippen LogP contribution in [0.2, 0.25) is 0 Å². The van der Waals surface area contributed by atoms with Gasteiger partial charge in [0.2, 0.25) is 11.8 Å². The highest BCUT2D eigenvalue weighted by molar-refractivity contribution is 5.84. The fourth-order valence-corrected chi connectivity index (χ4v) is 5.33. The van der Waals surface area contributed by atoms with Crippen molar-refractivity contribution in [1.29, 1.82) is 0 Å². The maximum atomic E-state index is 13.4. The van der Waals surface area contributed by atoms with Crippen LogP contribution in [0.3, 0.4) is 0 Å². The van der Waals surface area contributed by atoms with Crippen molar-refractivity contribution in [3.63, 3.8) is 0 Å². The number of methoxy groups -OCH3 is 1. The molecule has 0 aliphatic carbocycles. The van der Waals surface area contributed by atoms with Gasteiger partial charge in [0.1, 0.15) is 5.75 Å². The van der Waals surface area contributed by atoms with Crippen LogP contribution in [0.15, 0.2) is 72.9 Å². The second-order valence-corrected chi connectivity index (χ2v) is 9.54. The normalized spacial score (nSPS) is 18.1. The molecule has 0 saturated carbocycles. The molecule has 2 aromatic carbocycles. The number of rotatable bonds is 7. The summed E-state index contributed by atoms with van der Waals surface area (Å²) in [5, 5.41) is 0. The summed E-state index contributed by atoms with van der Waals surface area (Å²) >= 11 is 0. The van der Waals surface area contributed by atoms with Crippen LogP contribution in [0, 0.1) is 0 Å². The first-order valence-corrected chi connectivity index (χ1v) is 12.7. The van der Waals surface area contributed by atoms with Crippen molar-refractivity contribution in [3.05, 3.63) is 89.7 Å². The quantitative estimate of drug-likeness (QED) is 0.513. The van der Waals surface area contributed by atoms with Crippen LogP contribution >= 0.6 is 0 Å². The van der Waals surface area contributed by atoms with Crippen LogP contribution in [0.1, 0.15) is 35.7 Å². The smallest absolute Gasteiger partial charge is 0.223 e. The molecular weight excluding hydrogens is 452 g/mol. The van der Waals surface area contributed by atoms with Gasteiger partial charge in [-0.05, 0) is 35.4 Å². The molecule has 5 rings (SSSR count). The van der Waals surface area contributed by atoms with Crippen LogP contribution in [0.5, 0.6) is 5.75 Å². The zero-order valence-electron chi connectivity index (χ0n) is 20.9. The minimum absolute atomic E-state index is 0.0198. The van der Waals surface area contributed by atoms with Gasteiger partial charge in [-0.3, -0.25) is 14.5 Å². The predicted molar refractivity (Wildman–Crippen MR) is 139 cm³/mol. The van der Waals surface area contributed by atoms with Crippen molar-refractivity contribution in [1.82, 2.24) is 19.3 Å². The van der Waals surface area contributed by atoms with Crippen molar-refractivity contribution in [2.24, 2.45) is 0 Å². The zero-order valence-corrected chi connectivity index (χ0v) is 20.9. The number of hydrogen-bond donors (Lipinski definition) is 0. The highest BCUT2D eigenvalue weighted by Crippen LogP contribution is 2.34. The van der Waals surface area contributed by atoms with Gasteiger partial charge in [-0.1, -0.05) is 42.5 Å². The van der Waals surface area contributed by atoms with E-state index in [4.69, 9.17) is 4.74 Å². The highest BCUT2D eigenvalue weighted by atomic mass is 16.5. The molecule has 0 spiro atoms. The first-order chi connectivity index (χ1) is 17.6. The maximum absolute atomic E-state index is 13.4. The lowest BCUT2D eigenvalue weighted by molar-refractivity contribution is -0.139. The van der Waals surface area contributed by atoms with E-state index in [1.165, 1.54) is 5.56 Å². The maximum Gasteiger partial charge on any atom is 0.223 e. The van der Waals surface area contributed by atoms with Gasteiger partial charge in [0.25, 0.3) is 0 Å². The van der Waals surface area contributed by atoms with E-state index in [9.17, 15) is 9.59 Å². The largest absolute Gasteiger partial charge is 0.497 e. The summed E-state index contributed by atoms with van der Waals surface area (Å²) in [5.74, 6) is 0.859. The molecule has 0 radical (unpaired) electrons. The topological polar surface area (TPSA) is 58.0 Å². The van der Waals surface area contributed by atoms with Crippen molar-refractivity contribution in [2.45, 2.75) is 32.0 Å². The Labute approximate surface area is 212 Å². The van der Waals surface area contributed by atoms with Crippen LogP contribution in [-0.4, -0.2) is 70.9 Å². The molecule has 2 aliphatic rings. The van der Waals surface area contributed by atoms with Crippen LogP contribution in [-0.2, 0) is 22.7 Å². The lowest BCUT2D eigenvalue weighted by atomic mass is 9.99. The summed E-state index contributed by atoms with van der Waals surface area (Å²) in [6.07, 6.45) is 2.54. The molecule has 1 saturated heterocycles. The Morgan fingerprint density at radius 1 is 0.833 bits per heavy atom.